The van der Waals surface area contributed by atoms with Gasteiger partial charge >= 0.3 is 0 Å². The van der Waals surface area contributed by atoms with Crippen molar-refractivity contribution >= 4 is 0 Å². The molecule has 0 aromatic heterocycles. The zero-order chi connectivity index (χ0) is 15.1. The van der Waals surface area contributed by atoms with Gasteiger partial charge in [-0.1, -0.05) is 45.7 Å². The highest BCUT2D eigenvalue weighted by Crippen LogP contribution is 2.26. The van der Waals surface area contributed by atoms with Crippen LogP contribution in [0, 0.1) is 0 Å². The molecule has 1 saturated carbocycles. The lowest BCUT2D eigenvalue weighted by molar-refractivity contribution is 0.145. The summed E-state index contributed by atoms with van der Waals surface area (Å²) in [6.07, 6.45) is 7.87. The minimum atomic E-state index is 0.321. The molecule has 3 atom stereocenters. The van der Waals surface area contributed by atoms with Crippen LogP contribution in [0.5, 0.6) is 5.75 Å². The van der Waals surface area contributed by atoms with Crippen LogP contribution in [0.4, 0.5) is 0 Å². The first-order chi connectivity index (χ1) is 10.2. The van der Waals surface area contributed by atoms with Crippen molar-refractivity contribution in [3.63, 3.8) is 0 Å². The van der Waals surface area contributed by atoms with Gasteiger partial charge in [0.05, 0.1) is 0 Å². The summed E-state index contributed by atoms with van der Waals surface area (Å²) >= 11 is 0. The topological polar surface area (TPSA) is 21.3 Å². The Labute approximate surface area is 130 Å². The molecule has 0 aliphatic heterocycles. The molecule has 1 aliphatic rings. The molecule has 0 bridgehead atoms. The van der Waals surface area contributed by atoms with Crippen LogP contribution in [-0.2, 0) is 0 Å². The van der Waals surface area contributed by atoms with Crippen LogP contribution in [-0.4, -0.2) is 18.7 Å². The third-order valence-corrected chi connectivity index (χ3v) is 4.77. The van der Waals surface area contributed by atoms with Crippen LogP contribution < -0.4 is 10.1 Å². The highest BCUT2D eigenvalue weighted by molar-refractivity contribution is 5.29. The van der Waals surface area contributed by atoms with Crippen LogP contribution in [0.25, 0.3) is 0 Å². The second-order valence-corrected chi connectivity index (χ2v) is 6.34. The summed E-state index contributed by atoms with van der Waals surface area (Å²) in [5.74, 6) is 1.66. The second-order valence-electron chi connectivity index (χ2n) is 6.34. The van der Waals surface area contributed by atoms with Gasteiger partial charge in [0.1, 0.15) is 11.9 Å². The first-order valence-corrected chi connectivity index (χ1v) is 8.74. The maximum atomic E-state index is 6.31. The second kappa shape index (κ2) is 8.43. The Morgan fingerprint density at radius 2 is 1.81 bits per heavy atom. The Kier molecular flexibility index (Phi) is 6.56. The summed E-state index contributed by atoms with van der Waals surface area (Å²) in [5, 5.41) is 3.61. The summed E-state index contributed by atoms with van der Waals surface area (Å²) < 4.78 is 6.31. The van der Waals surface area contributed by atoms with Crippen molar-refractivity contribution in [2.24, 2.45) is 0 Å². The van der Waals surface area contributed by atoms with Gasteiger partial charge < -0.3 is 10.1 Å². The standard InChI is InChI=1S/C19H31NO/c1-4-15(3)16-11-13-17(14-12-16)21-19-10-8-6-7-9-18(19)20-5-2/h11-15,18-20H,4-10H2,1-3H3. The maximum Gasteiger partial charge on any atom is 0.119 e. The van der Waals surface area contributed by atoms with Gasteiger partial charge in [-0.25, -0.2) is 0 Å². The number of ether oxygens (including phenoxy) is 1. The fourth-order valence-corrected chi connectivity index (χ4v) is 3.20. The van der Waals surface area contributed by atoms with Gasteiger partial charge in [-0.3, -0.25) is 0 Å². The van der Waals surface area contributed by atoms with E-state index in [4.69, 9.17) is 4.74 Å². The van der Waals surface area contributed by atoms with Gasteiger partial charge in [-0.2, -0.15) is 0 Å². The fraction of sp³-hybridized carbons (Fsp3) is 0.684. The summed E-state index contributed by atoms with van der Waals surface area (Å²) in [6.45, 7) is 7.73. The van der Waals surface area contributed by atoms with E-state index >= 15 is 0 Å². The van der Waals surface area contributed by atoms with E-state index in [0.29, 0.717) is 18.1 Å². The van der Waals surface area contributed by atoms with Crippen LogP contribution >= 0.6 is 0 Å². The Morgan fingerprint density at radius 3 is 2.48 bits per heavy atom. The van der Waals surface area contributed by atoms with Crippen molar-refractivity contribution in [3.05, 3.63) is 29.8 Å². The molecule has 118 valence electrons. The average Bonchev–Trinajstić information content (AvgIpc) is 2.73. The Morgan fingerprint density at radius 1 is 1.10 bits per heavy atom. The van der Waals surface area contributed by atoms with E-state index in [-0.39, 0.29) is 0 Å². The predicted octanol–water partition coefficient (Wildman–Crippen LogP) is 4.89. The smallest absolute Gasteiger partial charge is 0.119 e. The van der Waals surface area contributed by atoms with Crippen LogP contribution in [0.2, 0.25) is 0 Å². The van der Waals surface area contributed by atoms with Crippen molar-refractivity contribution in [3.8, 4) is 5.75 Å². The molecule has 1 fully saturated rings. The minimum Gasteiger partial charge on any atom is -0.489 e. The first-order valence-electron chi connectivity index (χ1n) is 8.74. The number of likely N-dealkylation sites (N-methyl/N-ethyl adjacent to an activating group) is 1. The van der Waals surface area contributed by atoms with E-state index < -0.39 is 0 Å². The lowest BCUT2D eigenvalue weighted by Gasteiger charge is -2.27. The molecular weight excluding hydrogens is 258 g/mol. The lowest BCUT2D eigenvalue weighted by Crippen LogP contribution is -2.42. The maximum absolute atomic E-state index is 6.31. The molecule has 0 amide bonds. The van der Waals surface area contributed by atoms with Crippen molar-refractivity contribution in [1.29, 1.82) is 0 Å². The number of hydrogen-bond donors (Lipinski definition) is 1. The van der Waals surface area contributed by atoms with Crippen molar-refractivity contribution in [1.82, 2.24) is 5.32 Å². The van der Waals surface area contributed by atoms with Gasteiger partial charge in [0.25, 0.3) is 0 Å². The molecular formula is C19H31NO. The third-order valence-electron chi connectivity index (χ3n) is 4.77. The van der Waals surface area contributed by atoms with Crippen LogP contribution in [0.1, 0.15) is 70.8 Å². The Hall–Kier alpha value is -1.02. The van der Waals surface area contributed by atoms with E-state index in [1.807, 2.05) is 0 Å². The number of rotatable bonds is 6. The largest absolute Gasteiger partial charge is 0.489 e. The van der Waals surface area contributed by atoms with Crippen LogP contribution in [0.15, 0.2) is 24.3 Å². The van der Waals surface area contributed by atoms with Crippen molar-refractivity contribution in [2.75, 3.05) is 6.54 Å². The molecule has 0 radical (unpaired) electrons. The highest BCUT2D eigenvalue weighted by Gasteiger charge is 2.24. The Balaban J connectivity index is 2.00. The molecule has 2 rings (SSSR count). The summed E-state index contributed by atoms with van der Waals surface area (Å²) in [6, 6.07) is 9.25. The predicted molar refractivity (Wildman–Crippen MR) is 90.1 cm³/mol. The molecule has 0 spiro atoms. The molecule has 21 heavy (non-hydrogen) atoms. The summed E-state index contributed by atoms with van der Waals surface area (Å²) in [7, 11) is 0. The molecule has 1 aromatic carbocycles. The van der Waals surface area contributed by atoms with Gasteiger partial charge in [0, 0.05) is 6.04 Å². The SMILES string of the molecule is CCNC1CCCCCC1Oc1ccc(C(C)CC)cc1. The van der Waals surface area contributed by atoms with E-state index in [1.54, 1.807) is 0 Å². The summed E-state index contributed by atoms with van der Waals surface area (Å²) in [4.78, 5) is 0. The third kappa shape index (κ3) is 4.74. The lowest BCUT2D eigenvalue weighted by atomic mass is 9.99. The van der Waals surface area contributed by atoms with Crippen molar-refractivity contribution < 1.29 is 4.74 Å². The Bertz CT molecular complexity index is 401. The van der Waals surface area contributed by atoms with E-state index in [1.165, 1.54) is 44.1 Å². The van der Waals surface area contributed by atoms with E-state index in [2.05, 4.69) is 50.4 Å². The highest BCUT2D eigenvalue weighted by atomic mass is 16.5. The van der Waals surface area contributed by atoms with Gasteiger partial charge in [-0.15, -0.1) is 0 Å². The van der Waals surface area contributed by atoms with Gasteiger partial charge in [0.2, 0.25) is 0 Å². The molecule has 3 unspecified atom stereocenters. The molecule has 1 aliphatic carbocycles. The minimum absolute atomic E-state index is 0.321. The van der Waals surface area contributed by atoms with Gasteiger partial charge in [-0.05, 0) is 55.8 Å². The average molecular weight is 289 g/mol. The molecule has 0 saturated heterocycles. The molecule has 2 nitrogen and oxygen atoms in total. The normalized spacial score (nSPS) is 24.3. The van der Waals surface area contributed by atoms with Crippen LogP contribution in [0.3, 0.4) is 0 Å². The van der Waals surface area contributed by atoms with E-state index in [9.17, 15) is 0 Å². The molecule has 0 heterocycles. The molecule has 2 heteroatoms. The number of hydrogen-bond acceptors (Lipinski definition) is 2. The van der Waals surface area contributed by atoms with E-state index in [0.717, 1.165) is 12.3 Å². The molecule has 1 N–H and O–H groups in total. The zero-order valence-electron chi connectivity index (χ0n) is 13.9. The van der Waals surface area contributed by atoms with Crippen molar-refractivity contribution in [2.45, 2.75) is 77.4 Å². The molecule has 1 aromatic rings. The fourth-order valence-electron chi connectivity index (χ4n) is 3.20. The quantitative estimate of drug-likeness (QED) is 0.753. The summed E-state index contributed by atoms with van der Waals surface area (Å²) in [5.41, 5.74) is 1.41. The first kappa shape index (κ1) is 16.4. The zero-order valence-corrected chi connectivity index (χ0v) is 13.9. The van der Waals surface area contributed by atoms with Gasteiger partial charge in [0.15, 0.2) is 0 Å². The monoisotopic (exact) mass is 289 g/mol. The number of nitrogens with one attached hydrogen (secondary N) is 1. The number of benzene rings is 1.